The average Bonchev–Trinajstić information content (AvgIpc) is 2.98. The number of esters is 1. The van der Waals surface area contributed by atoms with E-state index in [1.54, 1.807) is 0 Å². The Labute approximate surface area is 259 Å². The standard InChI is InChI=1S/C39H76O2/c1-3-5-7-9-11-13-15-17-19-21-22-23-25-27-29-31-33-35-37-39(40)41-38-36-34-32-30-28-26-24-20-18-16-14-12-10-8-6-4-2/h18,20H,3-17,19,21-38H2,1-2H3. The Morgan fingerprint density at radius 1 is 0.390 bits per heavy atom. The third-order valence-corrected chi connectivity index (χ3v) is 8.65. The van der Waals surface area contributed by atoms with Crippen LogP contribution in [0.15, 0.2) is 12.2 Å². The quantitative estimate of drug-likeness (QED) is 0.0426. The number of allylic oxidation sites excluding steroid dienone is 2. The maximum atomic E-state index is 11.9. The highest BCUT2D eigenvalue weighted by molar-refractivity contribution is 5.69. The van der Waals surface area contributed by atoms with Crippen molar-refractivity contribution in [3.8, 4) is 0 Å². The summed E-state index contributed by atoms with van der Waals surface area (Å²) in [6, 6.07) is 0. The zero-order chi connectivity index (χ0) is 29.7. The van der Waals surface area contributed by atoms with Crippen molar-refractivity contribution in [3.63, 3.8) is 0 Å². The van der Waals surface area contributed by atoms with Crippen LogP contribution in [0.3, 0.4) is 0 Å². The first kappa shape index (κ1) is 40.2. The van der Waals surface area contributed by atoms with E-state index in [1.165, 1.54) is 193 Å². The molecule has 0 radical (unpaired) electrons. The predicted octanol–water partition coefficient (Wildman–Crippen LogP) is 14.0. The molecule has 0 saturated carbocycles. The molecule has 244 valence electrons. The van der Waals surface area contributed by atoms with E-state index >= 15 is 0 Å². The molecule has 0 aliphatic carbocycles. The Morgan fingerprint density at radius 3 is 1.05 bits per heavy atom. The first-order valence-electron chi connectivity index (χ1n) is 19.1. The van der Waals surface area contributed by atoms with Crippen LogP contribution in [0.2, 0.25) is 0 Å². The van der Waals surface area contributed by atoms with Gasteiger partial charge in [0.05, 0.1) is 6.61 Å². The van der Waals surface area contributed by atoms with Gasteiger partial charge in [0.2, 0.25) is 0 Å². The number of ether oxygens (including phenoxy) is 1. The van der Waals surface area contributed by atoms with Crippen LogP contribution in [0.4, 0.5) is 0 Å². The van der Waals surface area contributed by atoms with Crippen molar-refractivity contribution < 1.29 is 9.53 Å². The number of rotatable bonds is 35. The maximum absolute atomic E-state index is 11.9. The minimum Gasteiger partial charge on any atom is -0.466 e. The van der Waals surface area contributed by atoms with Crippen LogP contribution in [-0.2, 0) is 9.53 Å². The number of carbonyl (C=O) groups excluding carboxylic acids is 1. The number of unbranched alkanes of at least 4 members (excludes halogenated alkanes) is 29. The number of hydrogen-bond donors (Lipinski definition) is 0. The van der Waals surface area contributed by atoms with E-state index in [4.69, 9.17) is 4.74 Å². The van der Waals surface area contributed by atoms with Gasteiger partial charge in [-0.25, -0.2) is 0 Å². The summed E-state index contributed by atoms with van der Waals surface area (Å²) in [5, 5.41) is 0. The largest absolute Gasteiger partial charge is 0.466 e. The molecule has 0 unspecified atom stereocenters. The second-order valence-electron chi connectivity index (χ2n) is 12.9. The van der Waals surface area contributed by atoms with Crippen molar-refractivity contribution in [2.24, 2.45) is 0 Å². The van der Waals surface area contributed by atoms with E-state index in [1.807, 2.05) is 0 Å². The highest BCUT2D eigenvalue weighted by atomic mass is 16.5. The number of hydrogen-bond acceptors (Lipinski definition) is 2. The monoisotopic (exact) mass is 577 g/mol. The fourth-order valence-corrected chi connectivity index (χ4v) is 5.78. The summed E-state index contributed by atoms with van der Waals surface area (Å²) < 4.78 is 5.45. The summed E-state index contributed by atoms with van der Waals surface area (Å²) in [5.41, 5.74) is 0. The predicted molar refractivity (Wildman–Crippen MR) is 184 cm³/mol. The van der Waals surface area contributed by atoms with E-state index in [9.17, 15) is 4.79 Å². The van der Waals surface area contributed by atoms with Crippen molar-refractivity contribution in [1.29, 1.82) is 0 Å². The van der Waals surface area contributed by atoms with Gasteiger partial charge < -0.3 is 4.74 Å². The fourth-order valence-electron chi connectivity index (χ4n) is 5.78. The lowest BCUT2D eigenvalue weighted by molar-refractivity contribution is -0.143. The minimum atomic E-state index is 0.0224. The first-order valence-corrected chi connectivity index (χ1v) is 19.1. The molecule has 41 heavy (non-hydrogen) atoms. The number of carbonyl (C=O) groups is 1. The molecular formula is C39H76O2. The van der Waals surface area contributed by atoms with Gasteiger partial charge in [-0.15, -0.1) is 0 Å². The van der Waals surface area contributed by atoms with Crippen LogP contribution < -0.4 is 0 Å². The Morgan fingerprint density at radius 2 is 0.683 bits per heavy atom. The molecule has 0 fully saturated rings. The third kappa shape index (κ3) is 37.2. The van der Waals surface area contributed by atoms with E-state index in [0.29, 0.717) is 13.0 Å². The van der Waals surface area contributed by atoms with Crippen LogP contribution in [0, 0.1) is 0 Å². The smallest absolute Gasteiger partial charge is 0.305 e. The average molecular weight is 577 g/mol. The topological polar surface area (TPSA) is 26.3 Å². The van der Waals surface area contributed by atoms with Crippen LogP contribution in [0.25, 0.3) is 0 Å². The Kier molecular flexibility index (Phi) is 36.5. The van der Waals surface area contributed by atoms with E-state index in [-0.39, 0.29) is 5.97 Å². The summed E-state index contributed by atoms with van der Waals surface area (Å²) in [5.74, 6) is 0.0224. The Hall–Kier alpha value is -0.790. The summed E-state index contributed by atoms with van der Waals surface area (Å²) in [4.78, 5) is 11.9. The molecule has 2 heteroatoms. The van der Waals surface area contributed by atoms with Gasteiger partial charge in [-0.2, -0.15) is 0 Å². The molecule has 0 amide bonds. The minimum absolute atomic E-state index is 0.0224. The molecule has 0 rings (SSSR count). The maximum Gasteiger partial charge on any atom is 0.305 e. The second-order valence-corrected chi connectivity index (χ2v) is 12.9. The lowest BCUT2D eigenvalue weighted by Gasteiger charge is -2.05. The van der Waals surface area contributed by atoms with Crippen LogP contribution in [-0.4, -0.2) is 12.6 Å². The molecule has 0 spiro atoms. The van der Waals surface area contributed by atoms with Gasteiger partial charge in [0.15, 0.2) is 0 Å². The van der Waals surface area contributed by atoms with Gasteiger partial charge in [0.25, 0.3) is 0 Å². The molecule has 0 aliphatic rings. The van der Waals surface area contributed by atoms with Gasteiger partial charge >= 0.3 is 5.97 Å². The van der Waals surface area contributed by atoms with Gasteiger partial charge in [-0.05, 0) is 38.5 Å². The van der Waals surface area contributed by atoms with Gasteiger partial charge in [0, 0.05) is 6.42 Å². The first-order chi connectivity index (χ1) is 20.3. The summed E-state index contributed by atoms with van der Waals surface area (Å²) in [6.45, 7) is 5.20. The van der Waals surface area contributed by atoms with Gasteiger partial charge in [-0.3, -0.25) is 4.79 Å². The SMILES string of the molecule is CCCCCCCCC=CCCCCCCCCOC(=O)CCCCCCCCCCCCCCCCCCCC. The van der Waals surface area contributed by atoms with Crippen molar-refractivity contribution in [3.05, 3.63) is 12.2 Å². The molecule has 0 saturated heterocycles. The zero-order valence-corrected chi connectivity index (χ0v) is 28.5. The van der Waals surface area contributed by atoms with Crippen LogP contribution >= 0.6 is 0 Å². The second kappa shape index (κ2) is 37.2. The molecule has 0 atom stereocenters. The van der Waals surface area contributed by atoms with Gasteiger partial charge in [0.1, 0.15) is 0 Å². The summed E-state index contributed by atoms with van der Waals surface area (Å²) >= 11 is 0. The third-order valence-electron chi connectivity index (χ3n) is 8.65. The fraction of sp³-hybridized carbons (Fsp3) is 0.923. The molecular weight excluding hydrogens is 500 g/mol. The molecule has 0 heterocycles. The zero-order valence-electron chi connectivity index (χ0n) is 28.5. The van der Waals surface area contributed by atoms with E-state index in [2.05, 4.69) is 26.0 Å². The molecule has 0 N–H and O–H groups in total. The highest BCUT2D eigenvalue weighted by Gasteiger charge is 2.02. The Balaban J connectivity index is 3.18. The molecule has 0 aromatic rings. The van der Waals surface area contributed by atoms with Gasteiger partial charge in [-0.1, -0.05) is 193 Å². The summed E-state index contributed by atoms with van der Waals surface area (Å²) in [6.07, 6.45) is 48.6. The normalized spacial score (nSPS) is 11.6. The lowest BCUT2D eigenvalue weighted by Crippen LogP contribution is -2.05. The summed E-state index contributed by atoms with van der Waals surface area (Å²) in [7, 11) is 0. The molecule has 0 aromatic carbocycles. The lowest BCUT2D eigenvalue weighted by atomic mass is 10.0. The molecule has 0 aliphatic heterocycles. The van der Waals surface area contributed by atoms with Crippen molar-refractivity contribution in [2.75, 3.05) is 6.61 Å². The molecule has 2 nitrogen and oxygen atoms in total. The van der Waals surface area contributed by atoms with E-state index in [0.717, 1.165) is 12.8 Å². The van der Waals surface area contributed by atoms with Crippen molar-refractivity contribution in [1.82, 2.24) is 0 Å². The van der Waals surface area contributed by atoms with Crippen LogP contribution in [0.1, 0.15) is 226 Å². The van der Waals surface area contributed by atoms with Crippen molar-refractivity contribution in [2.45, 2.75) is 226 Å². The highest BCUT2D eigenvalue weighted by Crippen LogP contribution is 2.15. The van der Waals surface area contributed by atoms with Crippen molar-refractivity contribution >= 4 is 5.97 Å². The van der Waals surface area contributed by atoms with E-state index < -0.39 is 0 Å². The molecule has 0 bridgehead atoms. The molecule has 0 aromatic heterocycles. The Bertz CT molecular complexity index is 512. The van der Waals surface area contributed by atoms with Crippen LogP contribution in [0.5, 0.6) is 0 Å².